The molecule has 0 radical (unpaired) electrons. The van der Waals surface area contributed by atoms with E-state index in [1.54, 1.807) is 34.8 Å². The summed E-state index contributed by atoms with van der Waals surface area (Å²) < 4.78 is 14.5. The first-order valence-electron chi connectivity index (χ1n) is 7.41. The molecular formula is C17H27NO5. The number of carbonyl (C=O) groups is 2. The first kappa shape index (κ1) is 20.8. The van der Waals surface area contributed by atoms with Crippen LogP contribution in [-0.2, 0) is 14.3 Å². The fraction of sp³-hybridized carbons (Fsp3) is 0.529. The molecule has 0 unspecified atom stereocenters. The van der Waals surface area contributed by atoms with Crippen molar-refractivity contribution in [3.63, 3.8) is 0 Å². The van der Waals surface area contributed by atoms with Crippen LogP contribution in [0.3, 0.4) is 0 Å². The molecule has 0 aliphatic carbocycles. The number of rotatable bonds is 4. The van der Waals surface area contributed by atoms with Gasteiger partial charge in [-0.1, -0.05) is 17.7 Å². The van der Waals surface area contributed by atoms with Crippen molar-refractivity contribution in [2.45, 2.75) is 40.2 Å². The SMILES string of the molecule is CCOC(=O)CNC(=O)OC(C)(C)C.COc1ccc(C)cc1. The summed E-state index contributed by atoms with van der Waals surface area (Å²) in [6, 6.07) is 7.96. The molecule has 0 aliphatic heterocycles. The van der Waals surface area contributed by atoms with Crippen LogP contribution in [0, 0.1) is 6.92 Å². The van der Waals surface area contributed by atoms with E-state index in [1.165, 1.54) is 5.56 Å². The van der Waals surface area contributed by atoms with Crippen LogP contribution in [-0.4, -0.2) is 37.9 Å². The van der Waals surface area contributed by atoms with Gasteiger partial charge in [0.05, 0.1) is 13.7 Å². The number of carbonyl (C=O) groups excluding carboxylic acids is 2. The van der Waals surface area contributed by atoms with Gasteiger partial charge in [-0.15, -0.1) is 0 Å². The van der Waals surface area contributed by atoms with E-state index in [0.717, 1.165) is 5.75 Å². The Kier molecular flexibility index (Phi) is 9.46. The molecule has 1 aromatic carbocycles. The van der Waals surface area contributed by atoms with Crippen LogP contribution in [0.5, 0.6) is 5.75 Å². The fourth-order valence-electron chi connectivity index (χ4n) is 1.34. The maximum atomic E-state index is 11.0. The Hall–Kier alpha value is -2.24. The third-order valence-corrected chi connectivity index (χ3v) is 2.34. The zero-order chi connectivity index (χ0) is 17.9. The third-order valence-electron chi connectivity index (χ3n) is 2.34. The molecule has 130 valence electrons. The number of nitrogens with one attached hydrogen (secondary N) is 1. The number of hydrogen-bond acceptors (Lipinski definition) is 5. The lowest BCUT2D eigenvalue weighted by molar-refractivity contribution is -0.142. The van der Waals surface area contributed by atoms with Crippen molar-refractivity contribution in [2.24, 2.45) is 0 Å². The number of hydrogen-bond donors (Lipinski definition) is 1. The smallest absolute Gasteiger partial charge is 0.408 e. The molecule has 1 amide bonds. The predicted octanol–water partition coefficient (Wildman–Crippen LogP) is 3.08. The van der Waals surface area contributed by atoms with E-state index in [1.807, 2.05) is 24.3 Å². The zero-order valence-corrected chi connectivity index (χ0v) is 14.8. The van der Waals surface area contributed by atoms with Crippen LogP contribution in [0.1, 0.15) is 33.3 Å². The van der Waals surface area contributed by atoms with Gasteiger partial charge in [-0.3, -0.25) is 4.79 Å². The number of ether oxygens (including phenoxy) is 3. The van der Waals surface area contributed by atoms with E-state index >= 15 is 0 Å². The summed E-state index contributed by atoms with van der Waals surface area (Å²) in [4.78, 5) is 21.8. The summed E-state index contributed by atoms with van der Waals surface area (Å²) in [6.07, 6.45) is -0.620. The summed E-state index contributed by atoms with van der Waals surface area (Å²) in [5.41, 5.74) is 0.703. The molecular weight excluding hydrogens is 298 g/mol. The lowest BCUT2D eigenvalue weighted by atomic mass is 10.2. The number of methoxy groups -OCH3 is 1. The van der Waals surface area contributed by atoms with Crippen molar-refractivity contribution >= 4 is 12.1 Å². The molecule has 23 heavy (non-hydrogen) atoms. The zero-order valence-electron chi connectivity index (χ0n) is 14.8. The van der Waals surface area contributed by atoms with E-state index < -0.39 is 17.7 Å². The normalized spacial score (nSPS) is 10.0. The van der Waals surface area contributed by atoms with Crippen molar-refractivity contribution in [1.29, 1.82) is 0 Å². The maximum Gasteiger partial charge on any atom is 0.408 e. The Morgan fingerprint density at radius 3 is 2.13 bits per heavy atom. The summed E-state index contributed by atoms with van der Waals surface area (Å²) in [5, 5.41) is 2.29. The molecule has 0 bridgehead atoms. The van der Waals surface area contributed by atoms with Gasteiger partial charge in [0.1, 0.15) is 17.9 Å². The van der Waals surface area contributed by atoms with Gasteiger partial charge < -0.3 is 19.5 Å². The molecule has 6 nitrogen and oxygen atoms in total. The van der Waals surface area contributed by atoms with Gasteiger partial charge >= 0.3 is 12.1 Å². The predicted molar refractivity (Wildman–Crippen MR) is 88.6 cm³/mol. The third kappa shape index (κ3) is 12.0. The minimum absolute atomic E-state index is 0.164. The van der Waals surface area contributed by atoms with Gasteiger partial charge in [-0.05, 0) is 46.8 Å². The van der Waals surface area contributed by atoms with Gasteiger partial charge in [-0.2, -0.15) is 0 Å². The number of benzene rings is 1. The molecule has 1 rings (SSSR count). The molecule has 0 heterocycles. The summed E-state index contributed by atoms with van der Waals surface area (Å²) >= 11 is 0. The lowest BCUT2D eigenvalue weighted by Gasteiger charge is -2.19. The van der Waals surface area contributed by atoms with Gasteiger partial charge in [0.25, 0.3) is 0 Å². The first-order valence-corrected chi connectivity index (χ1v) is 7.41. The number of amides is 1. The highest BCUT2D eigenvalue weighted by Crippen LogP contribution is 2.09. The Morgan fingerprint density at radius 1 is 1.13 bits per heavy atom. The largest absolute Gasteiger partial charge is 0.497 e. The molecule has 0 spiro atoms. The average Bonchev–Trinajstić information content (AvgIpc) is 2.45. The van der Waals surface area contributed by atoms with Crippen LogP contribution in [0.2, 0.25) is 0 Å². The van der Waals surface area contributed by atoms with Gasteiger partial charge in [-0.25, -0.2) is 4.79 Å². The van der Waals surface area contributed by atoms with Gasteiger partial charge in [0.2, 0.25) is 0 Å². The molecule has 0 saturated carbocycles. The van der Waals surface area contributed by atoms with E-state index in [2.05, 4.69) is 17.0 Å². The minimum atomic E-state index is -0.620. The second-order valence-electron chi connectivity index (χ2n) is 5.68. The van der Waals surface area contributed by atoms with Crippen LogP contribution in [0.4, 0.5) is 4.79 Å². The average molecular weight is 325 g/mol. The molecule has 1 N–H and O–H groups in total. The van der Waals surface area contributed by atoms with Crippen molar-refractivity contribution in [3.05, 3.63) is 29.8 Å². The number of alkyl carbamates (subject to hydrolysis) is 1. The van der Waals surface area contributed by atoms with E-state index in [0.29, 0.717) is 6.61 Å². The first-order chi connectivity index (χ1) is 10.7. The number of aryl methyl sites for hydroxylation is 1. The fourth-order valence-corrected chi connectivity index (χ4v) is 1.34. The summed E-state index contributed by atoms with van der Waals surface area (Å²) in [7, 11) is 1.67. The van der Waals surface area contributed by atoms with Crippen LogP contribution in [0.25, 0.3) is 0 Å². The Balaban J connectivity index is 0.000000459. The van der Waals surface area contributed by atoms with Gasteiger partial charge in [0.15, 0.2) is 0 Å². The Labute approximate surface area is 138 Å². The molecule has 0 fully saturated rings. The van der Waals surface area contributed by atoms with Crippen molar-refractivity contribution in [2.75, 3.05) is 20.3 Å². The summed E-state index contributed by atoms with van der Waals surface area (Å²) in [5.74, 6) is 0.443. The lowest BCUT2D eigenvalue weighted by Crippen LogP contribution is -2.36. The van der Waals surface area contributed by atoms with Crippen molar-refractivity contribution in [1.82, 2.24) is 5.32 Å². The molecule has 1 aromatic rings. The molecule has 0 atom stereocenters. The van der Waals surface area contributed by atoms with E-state index in [4.69, 9.17) is 9.47 Å². The molecule has 6 heteroatoms. The van der Waals surface area contributed by atoms with Crippen LogP contribution >= 0.6 is 0 Å². The second-order valence-corrected chi connectivity index (χ2v) is 5.68. The van der Waals surface area contributed by atoms with Crippen molar-refractivity contribution < 1.29 is 23.8 Å². The Bertz CT molecular complexity index is 477. The Morgan fingerprint density at radius 2 is 1.70 bits per heavy atom. The van der Waals surface area contributed by atoms with Crippen LogP contribution in [0.15, 0.2) is 24.3 Å². The minimum Gasteiger partial charge on any atom is -0.497 e. The highest BCUT2D eigenvalue weighted by atomic mass is 16.6. The highest BCUT2D eigenvalue weighted by molar-refractivity contribution is 5.77. The van der Waals surface area contributed by atoms with E-state index in [9.17, 15) is 9.59 Å². The van der Waals surface area contributed by atoms with E-state index in [-0.39, 0.29) is 6.54 Å². The maximum absolute atomic E-state index is 11.0. The standard InChI is InChI=1S/C9H17NO4.C8H10O/c1-5-13-7(11)6-10-8(12)14-9(2,3)4;1-7-3-5-8(9-2)6-4-7/h5-6H2,1-4H3,(H,10,12);3-6H,1-2H3. The molecule has 0 saturated heterocycles. The topological polar surface area (TPSA) is 73.9 Å². The summed E-state index contributed by atoms with van der Waals surface area (Å²) in [6.45, 7) is 9.13. The number of esters is 1. The second kappa shape index (κ2) is 10.5. The quantitative estimate of drug-likeness (QED) is 0.861. The van der Waals surface area contributed by atoms with Crippen molar-refractivity contribution in [3.8, 4) is 5.75 Å². The monoisotopic (exact) mass is 325 g/mol. The molecule has 0 aromatic heterocycles. The van der Waals surface area contributed by atoms with Gasteiger partial charge in [0, 0.05) is 0 Å². The molecule has 0 aliphatic rings. The van der Waals surface area contributed by atoms with Crippen LogP contribution < -0.4 is 10.1 Å². The highest BCUT2D eigenvalue weighted by Gasteiger charge is 2.16.